The van der Waals surface area contributed by atoms with Gasteiger partial charge in [0.25, 0.3) is 0 Å². The molecule has 2 heterocycles. The zero-order valence-corrected chi connectivity index (χ0v) is 15.6. The maximum Gasteiger partial charge on any atom is 0.237 e. The summed E-state index contributed by atoms with van der Waals surface area (Å²) in [5.41, 5.74) is 0.597. The fourth-order valence-corrected chi connectivity index (χ4v) is 3.98. The molecule has 0 fully saturated rings. The molecule has 25 heavy (non-hydrogen) atoms. The number of halogens is 1. The summed E-state index contributed by atoms with van der Waals surface area (Å²) in [5.74, 6) is 0.676. The van der Waals surface area contributed by atoms with E-state index in [0.29, 0.717) is 26.7 Å². The molecule has 2 aromatic heterocycles. The van der Waals surface area contributed by atoms with Crippen molar-refractivity contribution < 1.29 is 9.21 Å². The molecule has 0 spiro atoms. The van der Waals surface area contributed by atoms with E-state index in [4.69, 9.17) is 16.0 Å². The largest absolute Gasteiger partial charge is 0.467 e. The van der Waals surface area contributed by atoms with Crippen LogP contribution in [-0.4, -0.2) is 21.4 Å². The van der Waals surface area contributed by atoms with Crippen molar-refractivity contribution in [3.8, 4) is 0 Å². The molecule has 1 aromatic carbocycles. The van der Waals surface area contributed by atoms with E-state index >= 15 is 0 Å². The summed E-state index contributed by atoms with van der Waals surface area (Å²) in [6.07, 6.45) is 1.62. The number of furan rings is 1. The summed E-state index contributed by atoms with van der Waals surface area (Å²) in [4.78, 5) is 12.3. The highest BCUT2D eigenvalue weighted by atomic mass is 35.5. The molecular weight excluding hydrogens is 380 g/mol. The Morgan fingerprint density at radius 3 is 2.92 bits per heavy atom. The molecule has 1 atom stereocenters. The number of para-hydroxylation sites is 1. The Morgan fingerprint density at radius 2 is 2.16 bits per heavy atom. The average Bonchev–Trinajstić information content (AvgIpc) is 3.26. The molecule has 1 amide bonds. The summed E-state index contributed by atoms with van der Waals surface area (Å²) < 4.78 is 5.96. The van der Waals surface area contributed by atoms with Crippen LogP contribution in [0.25, 0.3) is 0 Å². The van der Waals surface area contributed by atoms with Gasteiger partial charge in [0, 0.05) is 0 Å². The minimum Gasteiger partial charge on any atom is -0.467 e. The Hall–Kier alpha value is -2.03. The van der Waals surface area contributed by atoms with Gasteiger partial charge < -0.3 is 15.1 Å². The number of anilines is 2. The SMILES string of the molecule is CC(Sc1nnc(NCc2ccco2)s1)C(=O)Nc1ccccc1Cl. The van der Waals surface area contributed by atoms with Crippen LogP contribution in [0.1, 0.15) is 12.7 Å². The molecule has 0 aliphatic carbocycles. The van der Waals surface area contributed by atoms with Crippen molar-refractivity contribution in [2.45, 2.75) is 23.1 Å². The topological polar surface area (TPSA) is 80.1 Å². The molecule has 2 N–H and O–H groups in total. The van der Waals surface area contributed by atoms with Crippen LogP contribution < -0.4 is 10.6 Å². The minimum absolute atomic E-state index is 0.140. The van der Waals surface area contributed by atoms with Gasteiger partial charge in [0.1, 0.15) is 5.76 Å². The zero-order valence-electron chi connectivity index (χ0n) is 13.2. The summed E-state index contributed by atoms with van der Waals surface area (Å²) >= 11 is 8.79. The molecule has 1 unspecified atom stereocenters. The van der Waals surface area contributed by atoms with Crippen molar-refractivity contribution in [2.24, 2.45) is 0 Å². The lowest BCUT2D eigenvalue weighted by molar-refractivity contribution is -0.115. The number of thioether (sulfide) groups is 1. The summed E-state index contributed by atoms with van der Waals surface area (Å²) in [6.45, 7) is 2.35. The van der Waals surface area contributed by atoms with E-state index in [9.17, 15) is 4.79 Å². The molecule has 3 rings (SSSR count). The minimum atomic E-state index is -0.331. The maximum atomic E-state index is 12.3. The predicted molar refractivity (Wildman–Crippen MR) is 101 cm³/mol. The smallest absolute Gasteiger partial charge is 0.237 e. The van der Waals surface area contributed by atoms with Crippen molar-refractivity contribution in [3.05, 3.63) is 53.4 Å². The molecule has 0 aliphatic heterocycles. The van der Waals surface area contributed by atoms with Gasteiger partial charge >= 0.3 is 0 Å². The molecule has 3 aromatic rings. The number of aromatic nitrogens is 2. The van der Waals surface area contributed by atoms with E-state index in [1.807, 2.05) is 31.2 Å². The van der Waals surface area contributed by atoms with Crippen molar-refractivity contribution in [1.82, 2.24) is 10.2 Å². The van der Waals surface area contributed by atoms with Crippen LogP contribution in [0, 0.1) is 0 Å². The average molecular weight is 395 g/mol. The third-order valence-electron chi connectivity index (χ3n) is 3.18. The number of rotatable bonds is 7. The van der Waals surface area contributed by atoms with Gasteiger partial charge in [-0.25, -0.2) is 0 Å². The van der Waals surface area contributed by atoms with Crippen LogP contribution in [0.5, 0.6) is 0 Å². The van der Waals surface area contributed by atoms with Crippen molar-refractivity contribution in [1.29, 1.82) is 0 Å². The van der Waals surface area contributed by atoms with E-state index in [1.165, 1.54) is 23.1 Å². The Labute approximate surface area is 158 Å². The van der Waals surface area contributed by atoms with Gasteiger partial charge in [0.05, 0.1) is 28.8 Å². The van der Waals surface area contributed by atoms with Crippen LogP contribution in [0.2, 0.25) is 5.02 Å². The number of nitrogens with one attached hydrogen (secondary N) is 2. The van der Waals surface area contributed by atoms with Gasteiger partial charge in [0.2, 0.25) is 11.0 Å². The molecule has 130 valence electrons. The lowest BCUT2D eigenvalue weighted by Crippen LogP contribution is -2.22. The predicted octanol–water partition coefficient (Wildman–Crippen LogP) is 4.52. The van der Waals surface area contributed by atoms with E-state index in [-0.39, 0.29) is 11.2 Å². The summed E-state index contributed by atoms with van der Waals surface area (Å²) in [5, 5.41) is 15.0. The number of carbonyl (C=O) groups excluding carboxylic acids is 1. The Morgan fingerprint density at radius 1 is 1.32 bits per heavy atom. The number of hydrogen-bond acceptors (Lipinski definition) is 7. The number of nitrogens with zero attached hydrogens (tertiary/aromatic N) is 2. The molecule has 0 saturated carbocycles. The van der Waals surface area contributed by atoms with E-state index in [2.05, 4.69) is 20.8 Å². The quantitative estimate of drug-likeness (QED) is 0.573. The number of hydrogen-bond donors (Lipinski definition) is 2. The zero-order chi connectivity index (χ0) is 17.6. The molecule has 9 heteroatoms. The number of carbonyl (C=O) groups is 1. The van der Waals surface area contributed by atoms with E-state index in [1.54, 1.807) is 18.4 Å². The van der Waals surface area contributed by atoms with Gasteiger partial charge in [-0.3, -0.25) is 4.79 Å². The van der Waals surface area contributed by atoms with Crippen LogP contribution in [0.3, 0.4) is 0 Å². The first kappa shape index (κ1) is 17.8. The van der Waals surface area contributed by atoms with Crippen LogP contribution >= 0.6 is 34.7 Å². The second kappa shape index (κ2) is 8.37. The van der Waals surface area contributed by atoms with Crippen molar-refractivity contribution in [3.63, 3.8) is 0 Å². The molecule has 0 aliphatic rings. The van der Waals surface area contributed by atoms with Gasteiger partial charge in [-0.1, -0.05) is 46.8 Å². The molecule has 0 radical (unpaired) electrons. The number of benzene rings is 1. The van der Waals surface area contributed by atoms with Crippen molar-refractivity contribution in [2.75, 3.05) is 10.6 Å². The number of amides is 1. The fraction of sp³-hybridized carbons (Fsp3) is 0.188. The third-order valence-corrected chi connectivity index (χ3v) is 5.57. The lowest BCUT2D eigenvalue weighted by Gasteiger charge is -2.11. The fourth-order valence-electron chi connectivity index (χ4n) is 1.91. The third kappa shape index (κ3) is 4.97. The van der Waals surface area contributed by atoms with E-state index < -0.39 is 0 Å². The summed E-state index contributed by atoms with van der Waals surface area (Å²) in [7, 11) is 0. The van der Waals surface area contributed by atoms with Gasteiger partial charge in [-0.2, -0.15) is 0 Å². The first-order valence-corrected chi connectivity index (χ1v) is 9.51. The maximum absolute atomic E-state index is 12.3. The highest BCUT2D eigenvalue weighted by Crippen LogP contribution is 2.30. The second-order valence-electron chi connectivity index (χ2n) is 5.04. The molecule has 0 saturated heterocycles. The van der Waals surface area contributed by atoms with Crippen LogP contribution in [0.15, 0.2) is 51.4 Å². The highest BCUT2D eigenvalue weighted by molar-refractivity contribution is 8.02. The van der Waals surface area contributed by atoms with Crippen LogP contribution in [-0.2, 0) is 11.3 Å². The summed E-state index contributed by atoms with van der Waals surface area (Å²) in [6, 6.07) is 10.8. The normalized spacial score (nSPS) is 11.9. The van der Waals surface area contributed by atoms with Gasteiger partial charge in [-0.15, -0.1) is 10.2 Å². The first-order chi connectivity index (χ1) is 12.1. The Kier molecular flexibility index (Phi) is 5.95. The standard InChI is InChI=1S/C16H15ClN4O2S2/c1-10(14(22)19-13-7-3-2-6-12(13)17)24-16-21-20-15(25-16)18-9-11-5-4-8-23-11/h2-8,10H,9H2,1H3,(H,18,20)(H,19,22). The van der Waals surface area contributed by atoms with Gasteiger partial charge in [0.15, 0.2) is 4.34 Å². The second-order valence-corrected chi connectivity index (χ2v) is 8.01. The first-order valence-electron chi connectivity index (χ1n) is 7.43. The molecule has 0 bridgehead atoms. The Balaban J connectivity index is 1.53. The lowest BCUT2D eigenvalue weighted by atomic mass is 10.3. The van der Waals surface area contributed by atoms with E-state index in [0.717, 1.165) is 5.76 Å². The van der Waals surface area contributed by atoms with Crippen molar-refractivity contribution >= 4 is 51.4 Å². The highest BCUT2D eigenvalue weighted by Gasteiger charge is 2.18. The van der Waals surface area contributed by atoms with Crippen LogP contribution in [0.4, 0.5) is 10.8 Å². The Bertz CT molecular complexity index is 838. The van der Waals surface area contributed by atoms with Gasteiger partial charge in [-0.05, 0) is 31.2 Å². The molecule has 6 nitrogen and oxygen atoms in total. The monoisotopic (exact) mass is 394 g/mol. The molecular formula is C16H15ClN4O2S2.